The Balaban J connectivity index is 1.52. The first kappa shape index (κ1) is 23.4. The molecular formula is C20H21ClF3N3O3S. The zero-order valence-corrected chi connectivity index (χ0v) is 18.0. The Morgan fingerprint density at radius 1 is 1.03 bits per heavy atom. The Labute approximate surface area is 183 Å². The summed E-state index contributed by atoms with van der Waals surface area (Å²) in [5.74, 6) is -0.220. The third-order valence-corrected chi connectivity index (χ3v) is 6.73. The van der Waals surface area contributed by atoms with Crippen LogP contribution in [0, 0.1) is 0 Å². The number of alkyl halides is 3. The van der Waals surface area contributed by atoms with Crippen molar-refractivity contribution in [1.29, 1.82) is 0 Å². The molecule has 1 aliphatic heterocycles. The topological polar surface area (TPSA) is 69.7 Å². The van der Waals surface area contributed by atoms with Crippen LogP contribution in [0.5, 0.6) is 0 Å². The van der Waals surface area contributed by atoms with Gasteiger partial charge in [0.25, 0.3) is 0 Å². The second-order valence-corrected chi connectivity index (χ2v) is 9.16. The summed E-state index contributed by atoms with van der Waals surface area (Å²) in [4.78, 5) is 15.6. The molecule has 6 nitrogen and oxygen atoms in total. The molecule has 0 unspecified atom stereocenters. The Morgan fingerprint density at radius 2 is 1.68 bits per heavy atom. The first-order valence-electron chi connectivity index (χ1n) is 9.52. The van der Waals surface area contributed by atoms with Gasteiger partial charge in [-0.25, -0.2) is 13.1 Å². The number of sulfonamides is 1. The zero-order chi connectivity index (χ0) is 22.6. The molecule has 11 heteroatoms. The molecule has 1 fully saturated rings. The van der Waals surface area contributed by atoms with Gasteiger partial charge < -0.3 is 9.80 Å². The zero-order valence-electron chi connectivity index (χ0n) is 16.4. The molecule has 1 amide bonds. The van der Waals surface area contributed by atoms with E-state index in [1.807, 2.05) is 30.3 Å². The molecule has 2 aromatic rings. The van der Waals surface area contributed by atoms with Crippen LogP contribution in [0.25, 0.3) is 0 Å². The van der Waals surface area contributed by atoms with E-state index in [2.05, 4.69) is 9.62 Å². The van der Waals surface area contributed by atoms with Crippen molar-refractivity contribution in [2.45, 2.75) is 17.5 Å². The molecule has 0 radical (unpaired) electrons. The highest BCUT2D eigenvalue weighted by molar-refractivity contribution is 7.89. The van der Waals surface area contributed by atoms with E-state index in [4.69, 9.17) is 11.6 Å². The maximum absolute atomic E-state index is 13.0. The van der Waals surface area contributed by atoms with Gasteiger partial charge in [-0.3, -0.25) is 4.79 Å². The number of carbonyl (C=O) groups is 1. The largest absolute Gasteiger partial charge is 0.417 e. The number of anilines is 1. The molecule has 0 aliphatic carbocycles. The van der Waals surface area contributed by atoms with Gasteiger partial charge in [0.15, 0.2) is 0 Å². The number of hydrogen-bond donors (Lipinski definition) is 1. The SMILES string of the molecule is O=C(CCNS(=O)(=O)c1ccc(Cl)c(C(F)(F)F)c1)N1CCN(c2ccccc2)CC1. The first-order chi connectivity index (χ1) is 14.6. The molecule has 0 bridgehead atoms. The molecule has 2 aromatic carbocycles. The fraction of sp³-hybridized carbons (Fsp3) is 0.350. The lowest BCUT2D eigenvalue weighted by Crippen LogP contribution is -2.49. The maximum Gasteiger partial charge on any atom is 0.417 e. The molecule has 1 heterocycles. The van der Waals surface area contributed by atoms with Crippen molar-refractivity contribution >= 4 is 33.2 Å². The Bertz CT molecular complexity index is 1020. The number of nitrogens with one attached hydrogen (secondary N) is 1. The van der Waals surface area contributed by atoms with Crippen LogP contribution in [0.15, 0.2) is 53.4 Å². The van der Waals surface area contributed by atoms with Crippen molar-refractivity contribution < 1.29 is 26.4 Å². The molecule has 1 aliphatic rings. The smallest absolute Gasteiger partial charge is 0.368 e. The molecular weight excluding hydrogens is 455 g/mol. The third-order valence-electron chi connectivity index (χ3n) is 4.94. The van der Waals surface area contributed by atoms with Gasteiger partial charge >= 0.3 is 6.18 Å². The first-order valence-corrected chi connectivity index (χ1v) is 11.4. The Morgan fingerprint density at radius 3 is 2.29 bits per heavy atom. The van der Waals surface area contributed by atoms with E-state index in [1.54, 1.807) is 4.90 Å². The summed E-state index contributed by atoms with van der Waals surface area (Å²) in [6.07, 6.45) is -4.87. The fourth-order valence-electron chi connectivity index (χ4n) is 3.28. The number of amides is 1. The summed E-state index contributed by atoms with van der Waals surface area (Å²) in [6, 6.07) is 12.2. The minimum atomic E-state index is -4.78. The Hall–Kier alpha value is -2.30. The maximum atomic E-state index is 13.0. The van der Waals surface area contributed by atoms with Crippen LogP contribution in [0.1, 0.15) is 12.0 Å². The third kappa shape index (κ3) is 5.90. The molecule has 168 valence electrons. The summed E-state index contributed by atoms with van der Waals surface area (Å²) < 4.78 is 65.7. The summed E-state index contributed by atoms with van der Waals surface area (Å²) in [5, 5.41) is -0.587. The van der Waals surface area contributed by atoms with Crippen LogP contribution < -0.4 is 9.62 Å². The van der Waals surface area contributed by atoms with E-state index in [9.17, 15) is 26.4 Å². The van der Waals surface area contributed by atoms with Crippen LogP contribution in [-0.4, -0.2) is 51.9 Å². The highest BCUT2D eigenvalue weighted by Gasteiger charge is 2.34. The van der Waals surface area contributed by atoms with Crippen LogP contribution in [0.2, 0.25) is 5.02 Å². The number of hydrogen-bond acceptors (Lipinski definition) is 4. The summed E-state index contributed by atoms with van der Waals surface area (Å²) in [5.41, 5.74) is -0.159. The lowest BCUT2D eigenvalue weighted by Gasteiger charge is -2.36. The van der Waals surface area contributed by atoms with Crippen LogP contribution in [0.3, 0.4) is 0 Å². The van der Waals surface area contributed by atoms with Gasteiger partial charge in [-0.1, -0.05) is 29.8 Å². The van der Waals surface area contributed by atoms with Crippen molar-refractivity contribution in [3.05, 3.63) is 59.1 Å². The van der Waals surface area contributed by atoms with E-state index < -0.39 is 31.7 Å². The molecule has 31 heavy (non-hydrogen) atoms. The van der Waals surface area contributed by atoms with Crippen LogP contribution >= 0.6 is 11.6 Å². The van der Waals surface area contributed by atoms with Crippen molar-refractivity contribution in [3.8, 4) is 0 Å². The van der Waals surface area contributed by atoms with Gasteiger partial charge in [-0.05, 0) is 30.3 Å². The fourth-order valence-corrected chi connectivity index (χ4v) is 4.56. The predicted molar refractivity (Wildman–Crippen MR) is 111 cm³/mol. The van der Waals surface area contributed by atoms with Crippen LogP contribution in [-0.2, 0) is 21.0 Å². The number of benzene rings is 2. The van der Waals surface area contributed by atoms with E-state index in [-0.39, 0.29) is 18.9 Å². The van der Waals surface area contributed by atoms with Gasteiger partial charge in [-0.2, -0.15) is 13.2 Å². The van der Waals surface area contributed by atoms with Crippen molar-refractivity contribution in [1.82, 2.24) is 9.62 Å². The van der Waals surface area contributed by atoms with E-state index >= 15 is 0 Å². The summed E-state index contributed by atoms with van der Waals surface area (Å²) in [7, 11) is -4.22. The van der Waals surface area contributed by atoms with Gasteiger partial charge in [0.2, 0.25) is 15.9 Å². The van der Waals surface area contributed by atoms with Gasteiger partial charge in [0.1, 0.15) is 0 Å². The minimum Gasteiger partial charge on any atom is -0.368 e. The normalized spacial score (nSPS) is 15.2. The monoisotopic (exact) mass is 475 g/mol. The molecule has 3 rings (SSSR count). The van der Waals surface area contributed by atoms with Crippen LogP contribution in [0.4, 0.5) is 18.9 Å². The van der Waals surface area contributed by atoms with Gasteiger partial charge in [-0.15, -0.1) is 0 Å². The average Bonchev–Trinajstić information content (AvgIpc) is 2.73. The standard InChI is InChI=1S/C20H21ClF3N3O3S/c21-18-7-6-16(14-17(18)20(22,23)24)31(29,30)25-9-8-19(28)27-12-10-26(11-13-27)15-4-2-1-3-5-15/h1-7,14,25H,8-13H2. The molecule has 1 N–H and O–H groups in total. The molecule has 0 spiro atoms. The van der Waals surface area contributed by atoms with E-state index in [0.29, 0.717) is 32.2 Å². The number of halogens is 4. The highest BCUT2D eigenvalue weighted by Crippen LogP contribution is 2.35. The molecule has 0 aromatic heterocycles. The lowest BCUT2D eigenvalue weighted by molar-refractivity contribution is -0.137. The second-order valence-electron chi connectivity index (χ2n) is 6.99. The average molecular weight is 476 g/mol. The number of carbonyl (C=O) groups excluding carboxylic acids is 1. The van der Waals surface area contributed by atoms with Crippen molar-refractivity contribution in [3.63, 3.8) is 0 Å². The predicted octanol–water partition coefficient (Wildman–Crippen LogP) is 3.38. The number of nitrogens with zero attached hydrogens (tertiary/aromatic N) is 2. The molecule has 1 saturated heterocycles. The second kappa shape index (κ2) is 9.46. The van der Waals surface area contributed by atoms with Crippen molar-refractivity contribution in [2.75, 3.05) is 37.6 Å². The molecule has 0 saturated carbocycles. The van der Waals surface area contributed by atoms with Gasteiger partial charge in [0, 0.05) is 44.8 Å². The van der Waals surface area contributed by atoms with E-state index in [0.717, 1.165) is 17.8 Å². The lowest BCUT2D eigenvalue weighted by atomic mass is 10.2. The minimum absolute atomic E-state index is 0.0930. The summed E-state index contributed by atoms with van der Waals surface area (Å²) in [6.45, 7) is 2.11. The van der Waals surface area contributed by atoms with E-state index in [1.165, 1.54) is 0 Å². The Kier molecular flexibility index (Phi) is 7.13. The number of para-hydroxylation sites is 1. The quantitative estimate of drug-likeness (QED) is 0.695. The number of rotatable bonds is 6. The summed E-state index contributed by atoms with van der Waals surface area (Å²) >= 11 is 5.52. The highest BCUT2D eigenvalue weighted by atomic mass is 35.5. The molecule has 0 atom stereocenters. The van der Waals surface area contributed by atoms with Crippen molar-refractivity contribution in [2.24, 2.45) is 0 Å². The van der Waals surface area contributed by atoms with Gasteiger partial charge in [0.05, 0.1) is 15.5 Å². The number of piperazine rings is 1.